The van der Waals surface area contributed by atoms with Crippen LogP contribution in [0.15, 0.2) is 10.9 Å². The maximum Gasteiger partial charge on any atom is 0.124 e. The molecule has 0 atom stereocenters. The van der Waals surface area contributed by atoms with Crippen LogP contribution in [0.4, 0.5) is 0 Å². The van der Waals surface area contributed by atoms with E-state index in [2.05, 4.69) is 0 Å². The summed E-state index contributed by atoms with van der Waals surface area (Å²) in [6.07, 6.45) is 1.81. The van der Waals surface area contributed by atoms with Crippen molar-refractivity contribution < 1.29 is 0 Å². The molecule has 0 fully saturated rings. The Hall–Kier alpha value is -0.510. The van der Waals surface area contributed by atoms with Gasteiger partial charge in [0.15, 0.2) is 0 Å². The second-order valence-corrected chi connectivity index (χ2v) is 1.87. The van der Waals surface area contributed by atoms with Gasteiger partial charge in [0.05, 0.1) is 0 Å². The molecule has 0 aromatic carbocycles. The Kier molecular flexibility index (Phi) is 2.44. The zero-order valence-electron chi connectivity index (χ0n) is 4.14. The van der Waals surface area contributed by atoms with E-state index >= 15 is 0 Å². The summed E-state index contributed by atoms with van der Waals surface area (Å²) in [5, 5.41) is 0.486. The minimum absolute atomic E-state index is 0.201. The van der Waals surface area contributed by atoms with Crippen molar-refractivity contribution in [3.63, 3.8) is 0 Å². The van der Waals surface area contributed by atoms with E-state index in [0.29, 0.717) is 5.03 Å². The van der Waals surface area contributed by atoms with E-state index in [0.717, 1.165) is 0 Å². The van der Waals surface area contributed by atoms with Gasteiger partial charge in [0.1, 0.15) is 10.9 Å². The van der Waals surface area contributed by atoms with Crippen LogP contribution in [-0.4, -0.2) is 6.26 Å². The summed E-state index contributed by atoms with van der Waals surface area (Å²) in [4.78, 5) is 0. The van der Waals surface area contributed by atoms with Gasteiger partial charge in [0.2, 0.25) is 0 Å². The minimum atomic E-state index is 0.201. The zero-order valence-corrected chi connectivity index (χ0v) is 4.96. The molecule has 3 nitrogen and oxygen atoms in total. The average molecular weight is 119 g/mol. The molecule has 42 valence electrons. The number of hydrogen-bond donors (Lipinski definition) is 3. The summed E-state index contributed by atoms with van der Waals surface area (Å²) in [5.74, 6) is 0.201. The largest absolute Gasteiger partial charge is 0.391 e. The van der Waals surface area contributed by atoms with Crippen molar-refractivity contribution in [2.24, 2.45) is 17.2 Å². The lowest BCUT2D eigenvalue weighted by Gasteiger charge is -1.94. The van der Waals surface area contributed by atoms with Crippen molar-refractivity contribution in [3.05, 3.63) is 10.9 Å². The molecule has 4 heteroatoms. The molecule has 0 heterocycles. The van der Waals surface area contributed by atoms with E-state index in [-0.39, 0.29) is 5.82 Å². The van der Waals surface area contributed by atoms with Crippen LogP contribution in [0, 0.1) is 0 Å². The molecule has 0 saturated carbocycles. The molecule has 0 aliphatic carbocycles. The third kappa shape index (κ3) is 2.22. The van der Waals surface area contributed by atoms with Gasteiger partial charge in [0.25, 0.3) is 0 Å². The van der Waals surface area contributed by atoms with Crippen molar-refractivity contribution in [1.29, 1.82) is 0 Å². The first-order chi connectivity index (χ1) is 3.18. The number of rotatable bonds is 1. The highest BCUT2D eigenvalue weighted by Crippen LogP contribution is 2.01. The highest BCUT2D eigenvalue weighted by molar-refractivity contribution is 8.02. The molecule has 0 aromatic rings. The van der Waals surface area contributed by atoms with Gasteiger partial charge in [-0.15, -0.1) is 11.8 Å². The summed E-state index contributed by atoms with van der Waals surface area (Å²) in [7, 11) is 0. The summed E-state index contributed by atoms with van der Waals surface area (Å²) in [5.41, 5.74) is 15.3. The molecule has 0 spiro atoms. The fourth-order valence-electron chi connectivity index (χ4n) is 0.118. The van der Waals surface area contributed by atoms with Crippen molar-refractivity contribution in [2.45, 2.75) is 0 Å². The highest BCUT2D eigenvalue weighted by atomic mass is 32.2. The van der Waals surface area contributed by atoms with Gasteiger partial charge >= 0.3 is 0 Å². The first-order valence-electron chi connectivity index (χ1n) is 1.73. The standard InChI is InChI=1S/C3H9N3S/c1-7-3(6)2(4)5/h4-6H2,1H3. The minimum Gasteiger partial charge on any atom is -0.391 e. The van der Waals surface area contributed by atoms with Gasteiger partial charge in [-0.3, -0.25) is 0 Å². The SMILES string of the molecule is CSC(N)=C(N)N. The Balaban J connectivity index is 3.72. The molecule has 7 heavy (non-hydrogen) atoms. The molecular weight excluding hydrogens is 110 g/mol. The summed E-state index contributed by atoms with van der Waals surface area (Å²) in [6, 6.07) is 0. The Labute approximate surface area is 46.9 Å². The third-order valence-electron chi connectivity index (χ3n) is 0.504. The molecular formula is C3H9N3S. The van der Waals surface area contributed by atoms with E-state index in [1.807, 2.05) is 6.26 Å². The average Bonchev–Trinajstić information content (AvgIpc) is 1.65. The molecule has 0 rings (SSSR count). The molecule has 0 aliphatic heterocycles. The zero-order chi connectivity index (χ0) is 5.86. The topological polar surface area (TPSA) is 78.1 Å². The molecule has 0 radical (unpaired) electrons. The van der Waals surface area contributed by atoms with Crippen LogP contribution in [0.3, 0.4) is 0 Å². The Morgan fingerprint density at radius 1 is 1.29 bits per heavy atom. The third-order valence-corrected chi connectivity index (χ3v) is 1.18. The maximum absolute atomic E-state index is 5.21. The molecule has 0 saturated heterocycles. The van der Waals surface area contributed by atoms with Crippen molar-refractivity contribution >= 4 is 11.8 Å². The van der Waals surface area contributed by atoms with E-state index in [1.54, 1.807) is 0 Å². The van der Waals surface area contributed by atoms with Crippen LogP contribution >= 0.6 is 11.8 Å². The molecule has 0 unspecified atom stereocenters. The normalized spacial score (nSPS) is 8.14. The molecule has 0 bridgehead atoms. The van der Waals surface area contributed by atoms with Gasteiger partial charge in [-0.1, -0.05) is 0 Å². The molecule has 0 aliphatic rings. The lowest BCUT2D eigenvalue weighted by Crippen LogP contribution is -2.14. The van der Waals surface area contributed by atoms with Crippen LogP contribution in [0.1, 0.15) is 0 Å². The van der Waals surface area contributed by atoms with Crippen LogP contribution in [0.5, 0.6) is 0 Å². The number of nitrogens with two attached hydrogens (primary N) is 3. The van der Waals surface area contributed by atoms with Gasteiger partial charge < -0.3 is 17.2 Å². The van der Waals surface area contributed by atoms with E-state index in [9.17, 15) is 0 Å². The summed E-state index contributed by atoms with van der Waals surface area (Å²) in [6.45, 7) is 0. The first kappa shape index (κ1) is 6.49. The van der Waals surface area contributed by atoms with Crippen molar-refractivity contribution in [2.75, 3.05) is 6.26 Å². The molecule has 6 N–H and O–H groups in total. The smallest absolute Gasteiger partial charge is 0.124 e. The van der Waals surface area contributed by atoms with Crippen LogP contribution in [0.2, 0.25) is 0 Å². The van der Waals surface area contributed by atoms with E-state index < -0.39 is 0 Å². The predicted octanol–water partition coefficient (Wildman–Crippen LogP) is -0.648. The molecule has 0 amide bonds. The van der Waals surface area contributed by atoms with Gasteiger partial charge in [-0.2, -0.15) is 0 Å². The fraction of sp³-hybridized carbons (Fsp3) is 0.333. The second kappa shape index (κ2) is 2.63. The van der Waals surface area contributed by atoms with E-state index in [1.165, 1.54) is 11.8 Å². The Morgan fingerprint density at radius 3 is 1.71 bits per heavy atom. The van der Waals surface area contributed by atoms with Gasteiger partial charge in [-0.25, -0.2) is 0 Å². The summed E-state index contributed by atoms with van der Waals surface area (Å²) >= 11 is 1.34. The number of hydrogen-bond acceptors (Lipinski definition) is 4. The van der Waals surface area contributed by atoms with Gasteiger partial charge in [0, 0.05) is 0 Å². The predicted molar refractivity (Wildman–Crippen MR) is 33.1 cm³/mol. The van der Waals surface area contributed by atoms with Crippen molar-refractivity contribution in [3.8, 4) is 0 Å². The van der Waals surface area contributed by atoms with Crippen LogP contribution in [-0.2, 0) is 0 Å². The Morgan fingerprint density at radius 2 is 1.71 bits per heavy atom. The monoisotopic (exact) mass is 119 g/mol. The first-order valence-corrected chi connectivity index (χ1v) is 2.95. The van der Waals surface area contributed by atoms with Crippen LogP contribution in [0.25, 0.3) is 0 Å². The lowest BCUT2D eigenvalue weighted by atomic mass is 10.8. The van der Waals surface area contributed by atoms with Crippen LogP contribution < -0.4 is 17.2 Å². The maximum atomic E-state index is 5.21. The highest BCUT2D eigenvalue weighted by Gasteiger charge is 1.86. The number of thioether (sulfide) groups is 1. The van der Waals surface area contributed by atoms with E-state index in [4.69, 9.17) is 17.2 Å². The molecule has 0 aromatic heterocycles. The van der Waals surface area contributed by atoms with Crippen molar-refractivity contribution in [1.82, 2.24) is 0 Å². The Bertz CT molecular complexity index is 84.2. The quantitative estimate of drug-likeness (QED) is 0.428. The van der Waals surface area contributed by atoms with Gasteiger partial charge in [-0.05, 0) is 6.26 Å². The lowest BCUT2D eigenvalue weighted by molar-refractivity contribution is 1.20. The summed E-state index contributed by atoms with van der Waals surface area (Å²) < 4.78 is 0. The fourth-order valence-corrected chi connectivity index (χ4v) is 0.354. The second-order valence-electron chi connectivity index (χ2n) is 1.02.